The molecule has 0 fully saturated rings. The van der Waals surface area contributed by atoms with Crippen molar-refractivity contribution in [3.05, 3.63) is 55.1 Å². The molecule has 96 valence electrons. The molecule has 1 aromatic carbocycles. The molecule has 0 amide bonds. The van der Waals surface area contributed by atoms with E-state index >= 15 is 0 Å². The summed E-state index contributed by atoms with van der Waals surface area (Å²) in [5, 5.41) is 0.726. The smallest absolute Gasteiger partial charge is 0.0410 e. The van der Waals surface area contributed by atoms with Gasteiger partial charge in [0.15, 0.2) is 0 Å². The van der Waals surface area contributed by atoms with Crippen LogP contribution in [0.1, 0.15) is 28.3 Å². The zero-order chi connectivity index (χ0) is 13.1. The Balaban J connectivity index is 2.16. The molecule has 1 atom stereocenters. The molecule has 1 unspecified atom stereocenters. The van der Waals surface area contributed by atoms with Gasteiger partial charge in [0.05, 0.1) is 0 Å². The summed E-state index contributed by atoms with van der Waals surface area (Å²) in [6, 6.07) is 10.1. The van der Waals surface area contributed by atoms with Gasteiger partial charge < -0.3 is 5.73 Å². The van der Waals surface area contributed by atoms with E-state index in [1.54, 1.807) is 0 Å². The lowest BCUT2D eigenvalue weighted by atomic mass is 10.0. The number of hydrogen-bond acceptors (Lipinski definition) is 2. The maximum absolute atomic E-state index is 6.27. The van der Waals surface area contributed by atoms with Gasteiger partial charge in [-0.15, -0.1) is 11.3 Å². The first-order valence-electron chi connectivity index (χ1n) is 5.88. The number of rotatable bonds is 4. The first-order valence-corrected chi connectivity index (χ1v) is 7.87. The molecular weight excluding hydrogens is 330 g/mol. The second-order valence-electron chi connectivity index (χ2n) is 4.20. The van der Waals surface area contributed by atoms with Gasteiger partial charge in [-0.3, -0.25) is 0 Å². The predicted molar refractivity (Wildman–Crippen MR) is 83.5 cm³/mol. The fourth-order valence-electron chi connectivity index (χ4n) is 1.85. The molecule has 0 saturated heterocycles. The van der Waals surface area contributed by atoms with Crippen LogP contribution in [0.2, 0.25) is 5.02 Å². The van der Waals surface area contributed by atoms with Gasteiger partial charge in [0.1, 0.15) is 0 Å². The monoisotopic (exact) mass is 343 g/mol. The topological polar surface area (TPSA) is 26.0 Å². The summed E-state index contributed by atoms with van der Waals surface area (Å²) >= 11 is 11.4. The number of halogens is 2. The zero-order valence-electron chi connectivity index (χ0n) is 10.1. The summed E-state index contributed by atoms with van der Waals surface area (Å²) in [5.41, 5.74) is 7.33. The lowest BCUT2D eigenvalue weighted by Gasteiger charge is -2.13. The van der Waals surface area contributed by atoms with Gasteiger partial charge in [-0.05, 0) is 42.3 Å². The van der Waals surface area contributed by atoms with Crippen molar-refractivity contribution < 1.29 is 0 Å². The van der Waals surface area contributed by atoms with Crippen LogP contribution in [-0.2, 0) is 12.8 Å². The Kier molecular flexibility index (Phi) is 4.84. The van der Waals surface area contributed by atoms with Crippen molar-refractivity contribution in [2.45, 2.75) is 25.8 Å². The van der Waals surface area contributed by atoms with E-state index in [0.717, 1.165) is 27.9 Å². The molecule has 0 radical (unpaired) electrons. The third-order valence-corrected chi connectivity index (χ3v) is 5.05. The average molecular weight is 345 g/mol. The first kappa shape index (κ1) is 14.1. The van der Waals surface area contributed by atoms with E-state index in [9.17, 15) is 0 Å². The Morgan fingerprint density at radius 3 is 2.67 bits per heavy atom. The van der Waals surface area contributed by atoms with E-state index in [1.807, 2.05) is 29.5 Å². The van der Waals surface area contributed by atoms with Crippen LogP contribution in [0.3, 0.4) is 0 Å². The maximum atomic E-state index is 6.27. The molecule has 1 nitrogen and oxygen atoms in total. The standard InChI is InChI=1S/C14H15BrClNS/c1-2-10-4-5-11(18-10)8-14(17)12-7-9(16)3-6-13(12)15/h3-7,14H,2,8,17H2,1H3. The van der Waals surface area contributed by atoms with Crippen molar-refractivity contribution in [2.75, 3.05) is 0 Å². The Bertz CT molecular complexity index is 538. The minimum Gasteiger partial charge on any atom is -0.324 e. The van der Waals surface area contributed by atoms with Crippen LogP contribution in [0.5, 0.6) is 0 Å². The second kappa shape index (κ2) is 6.20. The lowest BCUT2D eigenvalue weighted by molar-refractivity contribution is 0.726. The summed E-state index contributed by atoms with van der Waals surface area (Å²) in [7, 11) is 0. The molecule has 18 heavy (non-hydrogen) atoms. The van der Waals surface area contributed by atoms with Crippen LogP contribution < -0.4 is 5.73 Å². The molecule has 0 aliphatic heterocycles. The third-order valence-electron chi connectivity index (χ3n) is 2.84. The van der Waals surface area contributed by atoms with Gasteiger partial charge in [0, 0.05) is 31.7 Å². The minimum atomic E-state index is -0.0265. The Morgan fingerprint density at radius 2 is 2.00 bits per heavy atom. The van der Waals surface area contributed by atoms with Gasteiger partial charge in [0.2, 0.25) is 0 Å². The Morgan fingerprint density at radius 1 is 1.28 bits per heavy atom. The average Bonchev–Trinajstić information content (AvgIpc) is 2.80. The Labute approximate surface area is 125 Å². The highest BCUT2D eigenvalue weighted by molar-refractivity contribution is 9.10. The summed E-state index contributed by atoms with van der Waals surface area (Å²) in [6.07, 6.45) is 1.93. The van der Waals surface area contributed by atoms with E-state index in [-0.39, 0.29) is 6.04 Å². The number of hydrogen-bond donors (Lipinski definition) is 1. The van der Waals surface area contributed by atoms with Crippen LogP contribution in [0.15, 0.2) is 34.8 Å². The van der Waals surface area contributed by atoms with Crippen LogP contribution in [0.4, 0.5) is 0 Å². The van der Waals surface area contributed by atoms with Crippen LogP contribution in [0, 0.1) is 0 Å². The number of benzene rings is 1. The quantitative estimate of drug-likeness (QED) is 0.832. The molecular formula is C14H15BrClNS. The van der Waals surface area contributed by atoms with E-state index in [4.69, 9.17) is 17.3 Å². The van der Waals surface area contributed by atoms with E-state index in [2.05, 4.69) is 35.0 Å². The highest BCUT2D eigenvalue weighted by atomic mass is 79.9. The van der Waals surface area contributed by atoms with Crippen molar-refractivity contribution in [1.29, 1.82) is 0 Å². The summed E-state index contributed by atoms with van der Waals surface area (Å²) < 4.78 is 1.02. The molecule has 2 rings (SSSR count). The largest absolute Gasteiger partial charge is 0.324 e. The molecule has 1 aromatic heterocycles. The van der Waals surface area contributed by atoms with Gasteiger partial charge in [-0.1, -0.05) is 34.5 Å². The fourth-order valence-corrected chi connectivity index (χ4v) is 3.58. The molecule has 2 aromatic rings. The third kappa shape index (κ3) is 3.35. The lowest BCUT2D eigenvalue weighted by Crippen LogP contribution is -2.13. The molecule has 4 heteroatoms. The molecule has 2 N–H and O–H groups in total. The van der Waals surface area contributed by atoms with Crippen molar-refractivity contribution >= 4 is 38.9 Å². The van der Waals surface area contributed by atoms with Crippen molar-refractivity contribution in [1.82, 2.24) is 0 Å². The highest BCUT2D eigenvalue weighted by Gasteiger charge is 2.12. The predicted octanol–water partition coefficient (Wildman–Crippen LogP) is 4.97. The molecule has 0 saturated carbocycles. The summed E-state index contributed by atoms with van der Waals surface area (Å²) in [5.74, 6) is 0. The molecule has 1 heterocycles. The van der Waals surface area contributed by atoms with Crippen LogP contribution in [-0.4, -0.2) is 0 Å². The first-order chi connectivity index (χ1) is 8.60. The number of nitrogens with two attached hydrogens (primary N) is 1. The maximum Gasteiger partial charge on any atom is 0.0410 e. The van der Waals surface area contributed by atoms with Gasteiger partial charge in [-0.25, -0.2) is 0 Å². The van der Waals surface area contributed by atoms with Gasteiger partial charge in [-0.2, -0.15) is 0 Å². The summed E-state index contributed by atoms with van der Waals surface area (Å²) in [6.45, 7) is 2.17. The number of aryl methyl sites for hydroxylation is 1. The Hall–Kier alpha value is -0.350. The van der Waals surface area contributed by atoms with Crippen LogP contribution >= 0.6 is 38.9 Å². The van der Waals surface area contributed by atoms with Crippen LogP contribution in [0.25, 0.3) is 0 Å². The fraction of sp³-hybridized carbons (Fsp3) is 0.286. The minimum absolute atomic E-state index is 0.0265. The summed E-state index contributed by atoms with van der Waals surface area (Å²) in [4.78, 5) is 2.73. The molecule has 0 aliphatic rings. The molecule has 0 spiro atoms. The molecule has 0 aliphatic carbocycles. The molecule has 0 bridgehead atoms. The van der Waals surface area contributed by atoms with E-state index < -0.39 is 0 Å². The van der Waals surface area contributed by atoms with E-state index in [1.165, 1.54) is 9.75 Å². The van der Waals surface area contributed by atoms with Gasteiger partial charge in [0.25, 0.3) is 0 Å². The normalized spacial score (nSPS) is 12.7. The zero-order valence-corrected chi connectivity index (χ0v) is 13.3. The van der Waals surface area contributed by atoms with Gasteiger partial charge >= 0.3 is 0 Å². The SMILES string of the molecule is CCc1ccc(CC(N)c2cc(Cl)ccc2Br)s1. The highest BCUT2D eigenvalue weighted by Crippen LogP contribution is 2.29. The van der Waals surface area contributed by atoms with Crippen molar-refractivity contribution in [3.8, 4) is 0 Å². The van der Waals surface area contributed by atoms with E-state index in [0.29, 0.717) is 0 Å². The van der Waals surface area contributed by atoms with Crippen molar-refractivity contribution in [3.63, 3.8) is 0 Å². The number of thiophene rings is 1. The van der Waals surface area contributed by atoms with Crippen molar-refractivity contribution in [2.24, 2.45) is 5.73 Å². The second-order valence-corrected chi connectivity index (χ2v) is 6.74.